The second kappa shape index (κ2) is 10.3. The fourth-order valence-corrected chi connectivity index (χ4v) is 5.02. The van der Waals surface area contributed by atoms with Crippen molar-refractivity contribution in [2.45, 2.75) is 13.5 Å². The van der Waals surface area contributed by atoms with E-state index in [4.69, 9.17) is 33.2 Å². The number of nitrogens with one attached hydrogen (secondary N) is 1. The highest BCUT2D eigenvalue weighted by Gasteiger charge is 2.11. The van der Waals surface area contributed by atoms with Crippen LogP contribution in [0.2, 0.25) is 10.0 Å². The van der Waals surface area contributed by atoms with Crippen LogP contribution in [0.15, 0.2) is 97.2 Å². The molecule has 6 rings (SSSR count). The van der Waals surface area contributed by atoms with Crippen molar-refractivity contribution >= 4 is 46.4 Å². The molecule has 0 aliphatic heterocycles. The first-order chi connectivity index (χ1) is 18.6. The molecule has 4 nitrogen and oxygen atoms in total. The number of aryl methyl sites for hydroxylation is 1. The Morgan fingerprint density at radius 1 is 0.789 bits per heavy atom. The molecule has 6 heteroatoms. The fraction of sp³-hybridized carbons (Fsp3) is 0.0625. The monoisotopic (exact) mass is 534 g/mol. The van der Waals surface area contributed by atoms with Gasteiger partial charge in [-0.1, -0.05) is 89.9 Å². The third-order valence-corrected chi connectivity index (χ3v) is 7.12. The van der Waals surface area contributed by atoms with Gasteiger partial charge in [-0.3, -0.25) is 0 Å². The van der Waals surface area contributed by atoms with E-state index in [1.54, 1.807) is 6.07 Å². The zero-order chi connectivity index (χ0) is 26.1. The SMILES string of the molecule is CCn1cc(-c2ccc(Cl)cc2Cl)nc1/C=C/c1ccc(-c2ccc(-c3nc4ccccc4[nH]3)cc2)cc1. The van der Waals surface area contributed by atoms with Gasteiger partial charge in [0, 0.05) is 28.9 Å². The summed E-state index contributed by atoms with van der Waals surface area (Å²) in [6, 6.07) is 30.6. The number of imidazole rings is 2. The topological polar surface area (TPSA) is 46.5 Å². The Bertz CT molecular complexity index is 1730. The van der Waals surface area contributed by atoms with E-state index in [0.29, 0.717) is 10.0 Å². The Hall–Kier alpha value is -4.12. The number of nitrogens with zero attached hydrogens (tertiary/aromatic N) is 3. The molecule has 0 atom stereocenters. The third-order valence-electron chi connectivity index (χ3n) is 6.57. The minimum atomic E-state index is 0.593. The minimum Gasteiger partial charge on any atom is -0.338 e. The molecule has 0 aliphatic carbocycles. The second-order valence-corrected chi connectivity index (χ2v) is 9.87. The molecule has 186 valence electrons. The van der Waals surface area contributed by atoms with Crippen LogP contribution in [0, 0.1) is 0 Å². The maximum atomic E-state index is 6.41. The zero-order valence-electron chi connectivity index (χ0n) is 20.7. The highest BCUT2D eigenvalue weighted by Crippen LogP contribution is 2.30. The van der Waals surface area contributed by atoms with E-state index in [1.807, 2.05) is 48.7 Å². The van der Waals surface area contributed by atoms with E-state index in [1.165, 1.54) is 0 Å². The lowest BCUT2D eigenvalue weighted by molar-refractivity contribution is 0.753. The predicted octanol–water partition coefficient (Wildman–Crippen LogP) is 9.26. The van der Waals surface area contributed by atoms with Crippen LogP contribution in [0.3, 0.4) is 0 Å². The van der Waals surface area contributed by atoms with Crippen LogP contribution in [-0.2, 0) is 6.54 Å². The summed E-state index contributed by atoms with van der Waals surface area (Å²) in [6.45, 7) is 2.90. The number of aromatic amines is 1. The number of halogens is 2. The van der Waals surface area contributed by atoms with Crippen molar-refractivity contribution in [2.24, 2.45) is 0 Å². The van der Waals surface area contributed by atoms with Gasteiger partial charge in [0.25, 0.3) is 0 Å². The molecule has 1 N–H and O–H groups in total. The molecule has 0 radical (unpaired) electrons. The zero-order valence-corrected chi connectivity index (χ0v) is 22.2. The molecule has 6 aromatic rings. The molecule has 0 fully saturated rings. The normalized spacial score (nSPS) is 11.6. The average molecular weight is 535 g/mol. The van der Waals surface area contributed by atoms with Crippen molar-refractivity contribution < 1.29 is 0 Å². The Balaban J connectivity index is 1.19. The van der Waals surface area contributed by atoms with E-state index < -0.39 is 0 Å². The van der Waals surface area contributed by atoms with Crippen molar-refractivity contribution in [3.05, 3.63) is 119 Å². The third kappa shape index (κ3) is 4.89. The number of H-pyrrole nitrogens is 1. The van der Waals surface area contributed by atoms with E-state index in [-0.39, 0.29) is 0 Å². The lowest BCUT2D eigenvalue weighted by Crippen LogP contribution is -1.94. The summed E-state index contributed by atoms with van der Waals surface area (Å²) in [7, 11) is 0. The van der Waals surface area contributed by atoms with Crippen LogP contribution in [-0.4, -0.2) is 19.5 Å². The number of benzene rings is 4. The maximum absolute atomic E-state index is 6.41. The Labute approximate surface area is 231 Å². The first-order valence-corrected chi connectivity index (χ1v) is 13.2. The Morgan fingerprint density at radius 3 is 2.21 bits per heavy atom. The van der Waals surface area contributed by atoms with Gasteiger partial charge in [0.1, 0.15) is 11.6 Å². The summed E-state index contributed by atoms with van der Waals surface area (Å²) >= 11 is 12.5. The molecule has 0 saturated heterocycles. The Kier molecular flexibility index (Phi) is 6.59. The first kappa shape index (κ1) is 24.2. The highest BCUT2D eigenvalue weighted by molar-refractivity contribution is 6.36. The van der Waals surface area contributed by atoms with E-state index in [0.717, 1.165) is 62.7 Å². The average Bonchev–Trinajstić information content (AvgIpc) is 3.56. The lowest BCUT2D eigenvalue weighted by Gasteiger charge is -2.04. The van der Waals surface area contributed by atoms with E-state index >= 15 is 0 Å². The van der Waals surface area contributed by atoms with Gasteiger partial charge in [-0.15, -0.1) is 0 Å². The van der Waals surface area contributed by atoms with Crippen molar-refractivity contribution in [3.63, 3.8) is 0 Å². The summed E-state index contributed by atoms with van der Waals surface area (Å²) < 4.78 is 2.11. The molecule has 0 unspecified atom stereocenters. The van der Waals surface area contributed by atoms with Gasteiger partial charge in [-0.25, -0.2) is 9.97 Å². The van der Waals surface area contributed by atoms with Gasteiger partial charge in [0.2, 0.25) is 0 Å². The van der Waals surface area contributed by atoms with Gasteiger partial charge in [0.15, 0.2) is 0 Å². The van der Waals surface area contributed by atoms with E-state index in [9.17, 15) is 0 Å². The minimum absolute atomic E-state index is 0.593. The van der Waals surface area contributed by atoms with Crippen molar-refractivity contribution in [1.29, 1.82) is 0 Å². The highest BCUT2D eigenvalue weighted by atomic mass is 35.5. The molecule has 0 spiro atoms. The number of fused-ring (bicyclic) bond motifs is 1. The van der Waals surface area contributed by atoms with Gasteiger partial charge in [-0.05, 0) is 60.0 Å². The molecule has 4 aromatic carbocycles. The molecular weight excluding hydrogens is 511 g/mol. The molecule has 38 heavy (non-hydrogen) atoms. The maximum Gasteiger partial charge on any atom is 0.138 e. The van der Waals surface area contributed by atoms with Crippen molar-refractivity contribution in [2.75, 3.05) is 0 Å². The number of rotatable bonds is 6. The van der Waals surface area contributed by atoms with Crippen LogP contribution in [0.25, 0.3) is 57.0 Å². The van der Waals surface area contributed by atoms with Gasteiger partial charge < -0.3 is 9.55 Å². The summed E-state index contributed by atoms with van der Waals surface area (Å²) in [5.41, 5.74) is 8.20. The summed E-state index contributed by atoms with van der Waals surface area (Å²) in [4.78, 5) is 12.9. The standard InChI is InChI=1S/C32H24Cl2N4/c1-2-38-20-30(26-17-16-25(33)19-27(26)34)35-31(38)18-9-21-7-10-22(11-8-21)23-12-14-24(15-13-23)32-36-28-5-3-4-6-29(28)37-32/h3-20H,2H2,1H3,(H,36,37)/b18-9+. The van der Waals surface area contributed by atoms with Crippen LogP contribution in [0.5, 0.6) is 0 Å². The number of hydrogen-bond acceptors (Lipinski definition) is 2. The largest absolute Gasteiger partial charge is 0.338 e. The van der Waals surface area contributed by atoms with Gasteiger partial charge in [0.05, 0.1) is 21.7 Å². The number of para-hydroxylation sites is 2. The van der Waals surface area contributed by atoms with Crippen molar-refractivity contribution in [1.82, 2.24) is 19.5 Å². The molecular formula is C32H24Cl2N4. The molecule has 2 heterocycles. The van der Waals surface area contributed by atoms with Gasteiger partial charge >= 0.3 is 0 Å². The summed E-state index contributed by atoms with van der Waals surface area (Å²) in [6.07, 6.45) is 6.14. The van der Waals surface area contributed by atoms with Crippen LogP contribution >= 0.6 is 23.2 Å². The first-order valence-electron chi connectivity index (χ1n) is 12.4. The predicted molar refractivity (Wildman–Crippen MR) is 159 cm³/mol. The van der Waals surface area contributed by atoms with Crippen molar-refractivity contribution in [3.8, 4) is 33.8 Å². The van der Waals surface area contributed by atoms with E-state index in [2.05, 4.69) is 71.1 Å². The molecule has 0 amide bonds. The molecule has 0 saturated carbocycles. The second-order valence-electron chi connectivity index (χ2n) is 9.03. The Morgan fingerprint density at radius 2 is 1.50 bits per heavy atom. The van der Waals surface area contributed by atoms with Crippen LogP contribution in [0.4, 0.5) is 0 Å². The van der Waals surface area contributed by atoms with Crippen LogP contribution in [0.1, 0.15) is 18.3 Å². The fourth-order valence-electron chi connectivity index (χ4n) is 4.51. The molecule has 0 bridgehead atoms. The smallest absolute Gasteiger partial charge is 0.138 e. The molecule has 2 aromatic heterocycles. The van der Waals surface area contributed by atoms with Gasteiger partial charge in [-0.2, -0.15) is 0 Å². The number of aromatic nitrogens is 4. The summed E-state index contributed by atoms with van der Waals surface area (Å²) in [5.74, 6) is 1.75. The molecule has 0 aliphatic rings. The summed E-state index contributed by atoms with van der Waals surface area (Å²) in [5, 5.41) is 1.20. The lowest BCUT2D eigenvalue weighted by atomic mass is 10.0. The quantitative estimate of drug-likeness (QED) is 0.231. The number of hydrogen-bond donors (Lipinski definition) is 1. The van der Waals surface area contributed by atoms with Crippen LogP contribution < -0.4 is 0 Å².